The maximum absolute atomic E-state index is 13.0. The molecule has 0 radical (unpaired) electrons. The minimum atomic E-state index is -0.131. The predicted octanol–water partition coefficient (Wildman–Crippen LogP) is 3.05. The summed E-state index contributed by atoms with van der Waals surface area (Å²) >= 11 is 0. The van der Waals surface area contributed by atoms with Crippen LogP contribution in [-0.2, 0) is 0 Å². The van der Waals surface area contributed by atoms with Gasteiger partial charge in [0.2, 0.25) is 0 Å². The van der Waals surface area contributed by atoms with E-state index in [1.165, 1.54) is 6.42 Å². The summed E-state index contributed by atoms with van der Waals surface area (Å²) < 4.78 is 0. The predicted molar refractivity (Wildman–Crippen MR) is 114 cm³/mol. The molecule has 1 saturated heterocycles. The molecule has 1 fully saturated rings. The summed E-state index contributed by atoms with van der Waals surface area (Å²) in [6.45, 7) is 5.67. The summed E-state index contributed by atoms with van der Waals surface area (Å²) in [7, 11) is 4.22. The number of hydrogen-bond acceptors (Lipinski definition) is 3. The molecule has 2 amide bonds. The molecular formula is C23H32N4O. The number of nitrogens with one attached hydrogen (secondary N) is 1. The Kier molecular flexibility index (Phi) is 7.46. The molecule has 0 spiro atoms. The van der Waals surface area contributed by atoms with Crippen molar-refractivity contribution in [2.75, 3.05) is 53.4 Å². The molecule has 150 valence electrons. The summed E-state index contributed by atoms with van der Waals surface area (Å²) in [4.78, 5) is 19.6. The Hall–Kier alpha value is -2.37. The third kappa shape index (κ3) is 5.81. The first-order valence-corrected chi connectivity index (χ1v) is 10.2. The Morgan fingerprint density at radius 3 is 1.96 bits per heavy atom. The molecule has 3 rings (SSSR count). The van der Waals surface area contributed by atoms with E-state index in [4.69, 9.17) is 0 Å². The number of carbonyl (C=O) groups is 1. The third-order valence-corrected chi connectivity index (χ3v) is 5.27. The Balaban J connectivity index is 1.58. The van der Waals surface area contributed by atoms with Gasteiger partial charge in [0.1, 0.15) is 0 Å². The summed E-state index contributed by atoms with van der Waals surface area (Å²) in [6.07, 6.45) is 1.17. The molecule has 2 aromatic rings. The number of rotatable bonds is 7. The quantitative estimate of drug-likeness (QED) is 0.802. The van der Waals surface area contributed by atoms with Crippen LogP contribution in [0.2, 0.25) is 0 Å². The molecular weight excluding hydrogens is 348 g/mol. The fraction of sp³-hybridized carbons (Fsp3) is 0.435. The lowest BCUT2D eigenvalue weighted by molar-refractivity contribution is 0.135. The summed E-state index contributed by atoms with van der Waals surface area (Å²) in [6, 6.07) is 20.2. The van der Waals surface area contributed by atoms with E-state index in [1.54, 1.807) is 0 Å². The second-order valence-electron chi connectivity index (χ2n) is 7.69. The van der Waals surface area contributed by atoms with E-state index in [-0.39, 0.29) is 12.1 Å². The zero-order valence-corrected chi connectivity index (χ0v) is 17.1. The topological polar surface area (TPSA) is 38.8 Å². The van der Waals surface area contributed by atoms with Crippen LogP contribution < -0.4 is 5.32 Å². The SMILES string of the molecule is CN(C)CCCN1CCN(C(=O)NC(c2ccccc2)c2ccccc2)CC1. The van der Waals surface area contributed by atoms with Crippen LogP contribution in [0.1, 0.15) is 23.6 Å². The zero-order chi connectivity index (χ0) is 19.8. The smallest absolute Gasteiger partial charge is 0.318 e. The van der Waals surface area contributed by atoms with Gasteiger partial charge in [-0.25, -0.2) is 4.79 Å². The van der Waals surface area contributed by atoms with Crippen molar-refractivity contribution in [2.45, 2.75) is 12.5 Å². The molecule has 0 atom stereocenters. The van der Waals surface area contributed by atoms with Crippen molar-refractivity contribution >= 4 is 6.03 Å². The molecule has 0 aromatic heterocycles. The van der Waals surface area contributed by atoms with Gasteiger partial charge in [-0.15, -0.1) is 0 Å². The molecule has 0 saturated carbocycles. The highest BCUT2D eigenvalue weighted by atomic mass is 16.2. The van der Waals surface area contributed by atoms with Gasteiger partial charge < -0.3 is 15.1 Å². The molecule has 0 bridgehead atoms. The van der Waals surface area contributed by atoms with Crippen molar-refractivity contribution in [3.05, 3.63) is 71.8 Å². The number of piperazine rings is 1. The molecule has 1 aliphatic heterocycles. The van der Waals surface area contributed by atoms with Gasteiger partial charge in [-0.2, -0.15) is 0 Å². The van der Waals surface area contributed by atoms with Gasteiger partial charge in [0, 0.05) is 26.2 Å². The second-order valence-corrected chi connectivity index (χ2v) is 7.69. The van der Waals surface area contributed by atoms with E-state index in [1.807, 2.05) is 41.3 Å². The molecule has 1 N–H and O–H groups in total. The lowest BCUT2D eigenvalue weighted by Gasteiger charge is -2.35. The van der Waals surface area contributed by atoms with Gasteiger partial charge >= 0.3 is 6.03 Å². The second kappa shape index (κ2) is 10.2. The number of amides is 2. The monoisotopic (exact) mass is 380 g/mol. The summed E-state index contributed by atoms with van der Waals surface area (Å²) in [5.41, 5.74) is 2.20. The van der Waals surface area contributed by atoms with E-state index >= 15 is 0 Å². The summed E-state index contributed by atoms with van der Waals surface area (Å²) in [5, 5.41) is 3.25. The van der Waals surface area contributed by atoms with E-state index < -0.39 is 0 Å². The van der Waals surface area contributed by atoms with Crippen LogP contribution in [-0.4, -0.2) is 74.1 Å². The Morgan fingerprint density at radius 2 is 1.46 bits per heavy atom. The Morgan fingerprint density at radius 1 is 0.929 bits per heavy atom. The van der Waals surface area contributed by atoms with Gasteiger partial charge in [-0.05, 0) is 44.7 Å². The van der Waals surface area contributed by atoms with Crippen molar-refractivity contribution in [3.63, 3.8) is 0 Å². The maximum Gasteiger partial charge on any atom is 0.318 e. The van der Waals surface area contributed by atoms with Gasteiger partial charge in [0.05, 0.1) is 6.04 Å². The highest BCUT2D eigenvalue weighted by Gasteiger charge is 2.24. The zero-order valence-electron chi connectivity index (χ0n) is 17.1. The number of urea groups is 1. The first-order chi connectivity index (χ1) is 13.6. The van der Waals surface area contributed by atoms with Crippen LogP contribution in [0.4, 0.5) is 4.79 Å². The molecule has 5 heteroatoms. The van der Waals surface area contributed by atoms with Crippen LogP contribution >= 0.6 is 0 Å². The molecule has 28 heavy (non-hydrogen) atoms. The first kappa shape index (κ1) is 20.4. The van der Waals surface area contributed by atoms with Crippen molar-refractivity contribution in [2.24, 2.45) is 0 Å². The van der Waals surface area contributed by atoms with E-state index in [9.17, 15) is 4.79 Å². The van der Waals surface area contributed by atoms with Crippen molar-refractivity contribution in [1.29, 1.82) is 0 Å². The third-order valence-electron chi connectivity index (χ3n) is 5.27. The number of carbonyl (C=O) groups excluding carboxylic acids is 1. The lowest BCUT2D eigenvalue weighted by Crippen LogP contribution is -2.52. The number of hydrogen-bond donors (Lipinski definition) is 1. The molecule has 1 heterocycles. The normalized spacial score (nSPS) is 15.2. The molecule has 0 unspecified atom stereocenters. The fourth-order valence-electron chi connectivity index (χ4n) is 3.65. The van der Waals surface area contributed by atoms with Crippen LogP contribution in [0, 0.1) is 0 Å². The molecule has 1 aliphatic rings. The highest BCUT2D eigenvalue weighted by Crippen LogP contribution is 2.22. The largest absolute Gasteiger partial charge is 0.327 e. The number of nitrogens with zero attached hydrogens (tertiary/aromatic N) is 3. The van der Waals surface area contributed by atoms with Crippen LogP contribution in [0.15, 0.2) is 60.7 Å². The van der Waals surface area contributed by atoms with E-state index in [0.29, 0.717) is 0 Å². The van der Waals surface area contributed by atoms with Crippen LogP contribution in [0.5, 0.6) is 0 Å². The van der Waals surface area contributed by atoms with Gasteiger partial charge in [-0.1, -0.05) is 60.7 Å². The van der Waals surface area contributed by atoms with Gasteiger partial charge in [0.25, 0.3) is 0 Å². The van der Waals surface area contributed by atoms with E-state index in [2.05, 4.69) is 53.5 Å². The number of benzene rings is 2. The first-order valence-electron chi connectivity index (χ1n) is 10.2. The van der Waals surface area contributed by atoms with Crippen molar-refractivity contribution in [3.8, 4) is 0 Å². The fourth-order valence-corrected chi connectivity index (χ4v) is 3.65. The molecule has 2 aromatic carbocycles. The van der Waals surface area contributed by atoms with Gasteiger partial charge in [-0.3, -0.25) is 4.90 Å². The minimum Gasteiger partial charge on any atom is -0.327 e. The molecule has 0 aliphatic carbocycles. The minimum absolute atomic E-state index is 0.0191. The average molecular weight is 381 g/mol. The standard InChI is InChI=1S/C23H32N4O/c1-25(2)14-9-15-26-16-18-27(19-17-26)23(28)24-22(20-10-5-3-6-11-20)21-12-7-4-8-13-21/h3-8,10-13,22H,9,14-19H2,1-2H3,(H,24,28). The van der Waals surface area contributed by atoms with Crippen molar-refractivity contribution < 1.29 is 4.79 Å². The van der Waals surface area contributed by atoms with Crippen molar-refractivity contribution in [1.82, 2.24) is 20.0 Å². The lowest BCUT2D eigenvalue weighted by atomic mass is 9.99. The maximum atomic E-state index is 13.0. The molecule has 5 nitrogen and oxygen atoms in total. The highest BCUT2D eigenvalue weighted by molar-refractivity contribution is 5.75. The van der Waals surface area contributed by atoms with Crippen LogP contribution in [0.25, 0.3) is 0 Å². The Bertz CT molecular complexity index is 672. The summed E-state index contributed by atoms with van der Waals surface area (Å²) in [5.74, 6) is 0. The Labute approximate surface area is 168 Å². The average Bonchev–Trinajstić information content (AvgIpc) is 2.73. The van der Waals surface area contributed by atoms with Gasteiger partial charge in [0.15, 0.2) is 0 Å². The van der Waals surface area contributed by atoms with Crippen LogP contribution in [0.3, 0.4) is 0 Å². The van der Waals surface area contributed by atoms with E-state index in [0.717, 1.165) is 50.4 Å².